The summed E-state index contributed by atoms with van der Waals surface area (Å²) in [6.07, 6.45) is 1.75. The van der Waals surface area contributed by atoms with Gasteiger partial charge in [0, 0.05) is 30.1 Å². The molecule has 3 nitrogen and oxygen atoms in total. The molecule has 0 aliphatic carbocycles. The number of nitrogens with one attached hydrogen (secondary N) is 1. The van der Waals surface area contributed by atoms with Gasteiger partial charge in [-0.3, -0.25) is 4.79 Å². The Morgan fingerprint density at radius 1 is 1.35 bits per heavy atom. The Bertz CT molecular complexity index is 465. The van der Waals surface area contributed by atoms with Crippen LogP contribution < -0.4 is 5.32 Å². The second kappa shape index (κ2) is 6.59. The van der Waals surface area contributed by atoms with E-state index in [0.717, 1.165) is 49.6 Å². The van der Waals surface area contributed by atoms with Crippen molar-refractivity contribution in [3.05, 3.63) is 34.9 Å². The third-order valence-electron chi connectivity index (χ3n) is 3.74. The monoisotopic (exact) mass is 294 g/mol. The smallest absolute Gasteiger partial charge is 0.228 e. The van der Waals surface area contributed by atoms with E-state index < -0.39 is 5.41 Å². The first kappa shape index (κ1) is 15.3. The summed E-state index contributed by atoms with van der Waals surface area (Å²) in [5.74, 6) is 0.237. The van der Waals surface area contributed by atoms with Crippen molar-refractivity contribution in [3.8, 4) is 0 Å². The Morgan fingerprint density at radius 2 is 2.15 bits per heavy atom. The van der Waals surface area contributed by atoms with Crippen LogP contribution >= 0.6 is 11.6 Å². The molecule has 1 aliphatic heterocycles. The molecule has 1 aromatic rings. The minimum absolute atomic E-state index is 0.237. The van der Waals surface area contributed by atoms with Crippen molar-refractivity contribution >= 4 is 17.5 Å². The summed E-state index contributed by atoms with van der Waals surface area (Å²) >= 11 is 6.02. The van der Waals surface area contributed by atoms with E-state index >= 15 is 0 Å². The van der Waals surface area contributed by atoms with Crippen LogP contribution in [0.1, 0.15) is 25.8 Å². The summed E-state index contributed by atoms with van der Waals surface area (Å²) in [6, 6.07) is 7.78. The first-order valence-corrected chi connectivity index (χ1v) is 7.61. The Morgan fingerprint density at radius 3 is 2.90 bits per heavy atom. The van der Waals surface area contributed by atoms with Gasteiger partial charge in [-0.1, -0.05) is 37.6 Å². The maximum atomic E-state index is 12.7. The van der Waals surface area contributed by atoms with Gasteiger partial charge in [-0.2, -0.15) is 0 Å². The van der Waals surface area contributed by atoms with Gasteiger partial charge in [-0.25, -0.2) is 0 Å². The molecule has 1 heterocycles. The summed E-state index contributed by atoms with van der Waals surface area (Å²) in [5, 5.41) is 4.06. The lowest BCUT2D eigenvalue weighted by Gasteiger charge is -2.31. The average Bonchev–Trinajstić information content (AvgIpc) is 2.66. The summed E-state index contributed by atoms with van der Waals surface area (Å²) in [5.41, 5.74) is 0.721. The average molecular weight is 295 g/mol. The van der Waals surface area contributed by atoms with Crippen LogP contribution in [-0.2, 0) is 11.2 Å². The van der Waals surface area contributed by atoms with Crippen LogP contribution in [0.2, 0.25) is 5.02 Å². The molecule has 0 bridgehead atoms. The highest BCUT2D eigenvalue weighted by Crippen LogP contribution is 2.26. The molecule has 0 spiro atoms. The van der Waals surface area contributed by atoms with Crippen LogP contribution in [0.25, 0.3) is 0 Å². The molecular formula is C16H23ClN2O. The molecule has 0 radical (unpaired) electrons. The number of rotatable bonds is 3. The molecule has 1 N–H and O–H groups in total. The number of benzene rings is 1. The number of carbonyl (C=O) groups excluding carboxylic acids is 1. The highest BCUT2D eigenvalue weighted by molar-refractivity contribution is 6.30. The Balaban J connectivity index is 2.06. The van der Waals surface area contributed by atoms with E-state index in [1.165, 1.54) is 0 Å². The number of hydrogen-bond acceptors (Lipinski definition) is 2. The molecule has 0 atom stereocenters. The Labute approximate surface area is 126 Å². The van der Waals surface area contributed by atoms with Crippen molar-refractivity contribution in [2.75, 3.05) is 26.2 Å². The fourth-order valence-corrected chi connectivity index (χ4v) is 2.92. The van der Waals surface area contributed by atoms with Gasteiger partial charge in [0.2, 0.25) is 5.91 Å². The quantitative estimate of drug-likeness (QED) is 0.930. The van der Waals surface area contributed by atoms with E-state index in [1.54, 1.807) is 0 Å². The van der Waals surface area contributed by atoms with E-state index in [-0.39, 0.29) is 5.91 Å². The van der Waals surface area contributed by atoms with Crippen molar-refractivity contribution < 1.29 is 4.79 Å². The molecule has 0 saturated carbocycles. The largest absolute Gasteiger partial charge is 0.341 e. The van der Waals surface area contributed by atoms with Crippen molar-refractivity contribution in [2.24, 2.45) is 5.41 Å². The number of nitrogens with zero attached hydrogens (tertiary/aromatic N) is 1. The Kier molecular flexibility index (Phi) is 5.06. The van der Waals surface area contributed by atoms with E-state index in [2.05, 4.69) is 5.32 Å². The summed E-state index contributed by atoms with van der Waals surface area (Å²) in [6.45, 7) is 7.59. The lowest BCUT2D eigenvalue weighted by atomic mass is 9.84. The van der Waals surface area contributed by atoms with Crippen LogP contribution in [-0.4, -0.2) is 37.0 Å². The van der Waals surface area contributed by atoms with Crippen molar-refractivity contribution in [1.29, 1.82) is 0 Å². The second-order valence-electron chi connectivity index (χ2n) is 6.09. The molecule has 20 heavy (non-hydrogen) atoms. The lowest BCUT2D eigenvalue weighted by molar-refractivity contribution is -0.140. The van der Waals surface area contributed by atoms with E-state index in [4.69, 9.17) is 11.6 Å². The first-order valence-electron chi connectivity index (χ1n) is 7.23. The van der Waals surface area contributed by atoms with Crippen molar-refractivity contribution in [2.45, 2.75) is 26.7 Å². The number of carbonyl (C=O) groups is 1. The molecule has 0 unspecified atom stereocenters. The van der Waals surface area contributed by atoms with E-state index in [0.29, 0.717) is 0 Å². The van der Waals surface area contributed by atoms with Gasteiger partial charge in [0.1, 0.15) is 0 Å². The van der Waals surface area contributed by atoms with Crippen LogP contribution in [0.3, 0.4) is 0 Å². The van der Waals surface area contributed by atoms with Crippen LogP contribution in [0.5, 0.6) is 0 Å². The zero-order valence-corrected chi connectivity index (χ0v) is 13.0. The molecule has 0 aromatic heterocycles. The van der Waals surface area contributed by atoms with Gasteiger partial charge in [-0.15, -0.1) is 0 Å². The molecule has 1 amide bonds. The topological polar surface area (TPSA) is 32.3 Å². The molecule has 2 rings (SSSR count). The maximum absolute atomic E-state index is 12.7. The molecule has 110 valence electrons. The van der Waals surface area contributed by atoms with Crippen molar-refractivity contribution in [1.82, 2.24) is 10.2 Å². The van der Waals surface area contributed by atoms with Crippen LogP contribution in [0, 0.1) is 5.41 Å². The highest BCUT2D eigenvalue weighted by atomic mass is 35.5. The fourth-order valence-electron chi connectivity index (χ4n) is 2.71. The van der Waals surface area contributed by atoms with Gasteiger partial charge < -0.3 is 10.2 Å². The number of hydrogen-bond donors (Lipinski definition) is 1. The molecule has 1 saturated heterocycles. The summed E-state index contributed by atoms with van der Waals surface area (Å²) in [7, 11) is 0. The van der Waals surface area contributed by atoms with Crippen LogP contribution in [0.15, 0.2) is 24.3 Å². The third kappa shape index (κ3) is 3.97. The zero-order valence-electron chi connectivity index (χ0n) is 12.3. The lowest BCUT2D eigenvalue weighted by Crippen LogP contribution is -2.43. The minimum atomic E-state index is -0.394. The van der Waals surface area contributed by atoms with Gasteiger partial charge in [-0.05, 0) is 37.1 Å². The standard InChI is InChI=1S/C16H23ClN2O/c1-16(2,12-13-5-3-6-14(17)11-13)15(20)19-9-4-7-18-8-10-19/h3,5-6,11,18H,4,7-10,12H2,1-2H3. The van der Waals surface area contributed by atoms with Gasteiger partial charge in [0.25, 0.3) is 0 Å². The predicted octanol–water partition coefficient (Wildman–Crippen LogP) is 2.73. The minimum Gasteiger partial charge on any atom is -0.341 e. The van der Waals surface area contributed by atoms with E-state index in [1.807, 2.05) is 43.0 Å². The van der Waals surface area contributed by atoms with Gasteiger partial charge in [0.05, 0.1) is 0 Å². The molecular weight excluding hydrogens is 272 g/mol. The Hall–Kier alpha value is -1.06. The summed E-state index contributed by atoms with van der Waals surface area (Å²) < 4.78 is 0. The third-order valence-corrected chi connectivity index (χ3v) is 3.98. The first-order chi connectivity index (χ1) is 9.49. The van der Waals surface area contributed by atoms with Crippen molar-refractivity contribution in [3.63, 3.8) is 0 Å². The highest BCUT2D eigenvalue weighted by Gasteiger charge is 2.32. The van der Waals surface area contributed by atoms with E-state index in [9.17, 15) is 4.79 Å². The normalized spacial score (nSPS) is 16.9. The second-order valence-corrected chi connectivity index (χ2v) is 6.52. The number of halogens is 1. The SMILES string of the molecule is CC(C)(Cc1cccc(Cl)c1)C(=O)N1CCCNCC1. The maximum Gasteiger partial charge on any atom is 0.228 e. The predicted molar refractivity (Wildman–Crippen MR) is 83.0 cm³/mol. The fraction of sp³-hybridized carbons (Fsp3) is 0.562. The molecule has 1 aromatic carbocycles. The molecule has 4 heteroatoms. The zero-order chi connectivity index (χ0) is 14.6. The van der Waals surface area contributed by atoms with Gasteiger partial charge >= 0.3 is 0 Å². The van der Waals surface area contributed by atoms with Crippen LogP contribution in [0.4, 0.5) is 0 Å². The van der Waals surface area contributed by atoms with Gasteiger partial charge in [0.15, 0.2) is 0 Å². The number of amides is 1. The molecule has 1 aliphatic rings. The summed E-state index contributed by atoms with van der Waals surface area (Å²) in [4.78, 5) is 14.7. The molecule has 1 fully saturated rings.